The number of rotatable bonds is 7. The minimum atomic E-state index is -3.47. The molecule has 1 aliphatic heterocycles. The van der Waals surface area contributed by atoms with Crippen LogP contribution in [0.2, 0.25) is 0 Å². The van der Waals surface area contributed by atoms with E-state index in [-0.39, 0.29) is 18.3 Å². The molecule has 0 amide bonds. The Morgan fingerprint density at radius 3 is 2.54 bits per heavy atom. The number of nitrogens with one attached hydrogen (secondary N) is 1. The van der Waals surface area contributed by atoms with Crippen LogP contribution in [0.4, 0.5) is 4.39 Å². The van der Waals surface area contributed by atoms with Gasteiger partial charge in [-0.25, -0.2) is 9.11 Å². The van der Waals surface area contributed by atoms with Crippen molar-refractivity contribution in [3.05, 3.63) is 59.8 Å². The Balaban J connectivity index is 1.64. The summed E-state index contributed by atoms with van der Waals surface area (Å²) in [5.74, 6) is 0.882. The van der Waals surface area contributed by atoms with Crippen LogP contribution in [-0.2, 0) is 10.2 Å². The molecule has 0 spiro atoms. The number of furan rings is 1. The minimum Gasteiger partial charge on any atom is -0.469 e. The lowest BCUT2D eigenvalue weighted by atomic mass is 9.93. The van der Waals surface area contributed by atoms with Gasteiger partial charge in [-0.15, -0.1) is 0 Å². The largest absolute Gasteiger partial charge is 0.469 e. The summed E-state index contributed by atoms with van der Waals surface area (Å²) in [5, 5.41) is 0. The second-order valence-electron chi connectivity index (χ2n) is 6.89. The Bertz CT molecular complexity index is 783. The van der Waals surface area contributed by atoms with Crippen molar-refractivity contribution in [3.8, 4) is 0 Å². The van der Waals surface area contributed by atoms with Crippen molar-refractivity contribution < 1.29 is 17.2 Å². The first kappa shape index (κ1) is 19.1. The lowest BCUT2D eigenvalue weighted by Gasteiger charge is -2.29. The third kappa shape index (κ3) is 4.72. The summed E-state index contributed by atoms with van der Waals surface area (Å²) in [6, 6.07) is 9.89. The minimum absolute atomic E-state index is 0.130. The van der Waals surface area contributed by atoms with E-state index in [4.69, 9.17) is 4.42 Å². The maximum Gasteiger partial charge on any atom is 0.279 e. The van der Waals surface area contributed by atoms with E-state index in [9.17, 15) is 12.8 Å². The van der Waals surface area contributed by atoms with Crippen LogP contribution >= 0.6 is 0 Å². The summed E-state index contributed by atoms with van der Waals surface area (Å²) >= 11 is 0. The Kier molecular flexibility index (Phi) is 6.11. The van der Waals surface area contributed by atoms with E-state index in [0.29, 0.717) is 25.4 Å². The zero-order valence-corrected chi connectivity index (χ0v) is 15.7. The van der Waals surface area contributed by atoms with Crippen LogP contribution in [0.5, 0.6) is 0 Å². The molecule has 1 aromatic heterocycles. The van der Waals surface area contributed by atoms with E-state index < -0.39 is 10.2 Å². The highest BCUT2D eigenvalue weighted by atomic mass is 32.2. The van der Waals surface area contributed by atoms with Gasteiger partial charge in [-0.2, -0.15) is 12.7 Å². The number of nitrogens with zero attached hydrogens (tertiary/aromatic N) is 1. The molecule has 0 unspecified atom stereocenters. The predicted octanol–water partition coefficient (Wildman–Crippen LogP) is 3.51. The molecule has 0 aliphatic carbocycles. The van der Waals surface area contributed by atoms with E-state index in [0.717, 1.165) is 24.2 Å². The monoisotopic (exact) mass is 380 g/mol. The molecule has 7 heteroatoms. The molecule has 3 rings (SSSR count). The van der Waals surface area contributed by atoms with Gasteiger partial charge in [0.15, 0.2) is 0 Å². The van der Waals surface area contributed by atoms with Crippen LogP contribution in [0.25, 0.3) is 0 Å². The lowest BCUT2D eigenvalue weighted by Crippen LogP contribution is -2.45. The molecule has 1 saturated heterocycles. The summed E-state index contributed by atoms with van der Waals surface area (Å²) in [6.07, 6.45) is 3.91. The highest BCUT2D eigenvalue weighted by Crippen LogP contribution is 2.28. The van der Waals surface area contributed by atoms with Crippen molar-refractivity contribution in [2.45, 2.75) is 32.1 Å². The quantitative estimate of drug-likeness (QED) is 0.800. The molecule has 0 saturated carbocycles. The predicted molar refractivity (Wildman–Crippen MR) is 98.5 cm³/mol. The van der Waals surface area contributed by atoms with Crippen molar-refractivity contribution in [3.63, 3.8) is 0 Å². The first-order valence-electron chi connectivity index (χ1n) is 8.99. The number of hydrogen-bond acceptors (Lipinski definition) is 3. The van der Waals surface area contributed by atoms with Gasteiger partial charge >= 0.3 is 0 Å². The van der Waals surface area contributed by atoms with Crippen molar-refractivity contribution in [1.29, 1.82) is 0 Å². The maximum absolute atomic E-state index is 13.2. The van der Waals surface area contributed by atoms with Crippen molar-refractivity contribution >= 4 is 10.2 Å². The number of piperidine rings is 1. The topological polar surface area (TPSA) is 62.6 Å². The zero-order valence-electron chi connectivity index (χ0n) is 14.9. The maximum atomic E-state index is 13.2. The SMILES string of the molecule is CC1CCN(S(=O)(=O)NCC[C@@H](c2ccc(F)cc2)c2ccco2)CC1. The number of halogens is 1. The van der Waals surface area contributed by atoms with Crippen LogP contribution < -0.4 is 4.72 Å². The third-order valence-corrected chi connectivity index (χ3v) is 6.57. The highest BCUT2D eigenvalue weighted by molar-refractivity contribution is 7.87. The summed E-state index contributed by atoms with van der Waals surface area (Å²) < 4.78 is 47.9. The second kappa shape index (κ2) is 8.33. The molecular formula is C19H25FN2O3S. The van der Waals surface area contributed by atoms with Crippen molar-refractivity contribution in [2.75, 3.05) is 19.6 Å². The highest BCUT2D eigenvalue weighted by Gasteiger charge is 2.26. The van der Waals surface area contributed by atoms with Gasteiger partial charge in [-0.05, 0) is 55.0 Å². The molecule has 2 aromatic rings. The molecule has 1 atom stereocenters. The fourth-order valence-electron chi connectivity index (χ4n) is 3.31. The molecule has 0 radical (unpaired) electrons. The van der Waals surface area contributed by atoms with Crippen LogP contribution in [0.15, 0.2) is 47.1 Å². The first-order valence-corrected chi connectivity index (χ1v) is 10.4. The van der Waals surface area contributed by atoms with Crippen LogP contribution in [0.1, 0.15) is 43.4 Å². The summed E-state index contributed by atoms with van der Waals surface area (Å²) in [6.45, 7) is 3.57. The number of benzene rings is 1. The molecule has 5 nitrogen and oxygen atoms in total. The fourth-order valence-corrected chi connectivity index (χ4v) is 4.56. The van der Waals surface area contributed by atoms with Crippen LogP contribution in [-0.4, -0.2) is 32.4 Å². The standard InChI is InChI=1S/C19H25FN2O3S/c1-15-9-12-22(13-10-15)26(23,24)21-11-8-18(19-3-2-14-25-19)16-4-6-17(20)7-5-16/h2-7,14-15,18,21H,8-13H2,1H3/t18-/m0/s1. The van der Waals surface area contributed by atoms with E-state index in [1.165, 1.54) is 16.4 Å². The average Bonchev–Trinajstić information content (AvgIpc) is 3.14. The molecular weight excluding hydrogens is 355 g/mol. The number of hydrogen-bond donors (Lipinski definition) is 1. The zero-order chi connectivity index (χ0) is 18.6. The Morgan fingerprint density at radius 2 is 1.92 bits per heavy atom. The van der Waals surface area contributed by atoms with Gasteiger partial charge in [-0.1, -0.05) is 19.1 Å². The fraction of sp³-hybridized carbons (Fsp3) is 0.474. The second-order valence-corrected chi connectivity index (χ2v) is 8.64. The molecule has 2 heterocycles. The lowest BCUT2D eigenvalue weighted by molar-refractivity contribution is 0.285. The van der Waals surface area contributed by atoms with Gasteiger partial charge in [0.2, 0.25) is 0 Å². The van der Waals surface area contributed by atoms with Gasteiger partial charge < -0.3 is 4.42 Å². The van der Waals surface area contributed by atoms with Crippen molar-refractivity contribution in [2.24, 2.45) is 5.92 Å². The van der Waals surface area contributed by atoms with Gasteiger partial charge in [-0.3, -0.25) is 0 Å². The van der Waals surface area contributed by atoms with Gasteiger partial charge in [0.1, 0.15) is 11.6 Å². The van der Waals surface area contributed by atoms with Crippen LogP contribution in [0, 0.1) is 11.7 Å². The molecule has 26 heavy (non-hydrogen) atoms. The Morgan fingerprint density at radius 1 is 1.23 bits per heavy atom. The van der Waals surface area contributed by atoms with E-state index in [1.807, 2.05) is 6.07 Å². The van der Waals surface area contributed by atoms with E-state index >= 15 is 0 Å². The van der Waals surface area contributed by atoms with Gasteiger partial charge in [0.05, 0.1) is 6.26 Å². The molecule has 0 bridgehead atoms. The van der Waals surface area contributed by atoms with Crippen molar-refractivity contribution in [1.82, 2.24) is 9.03 Å². The normalized spacial score (nSPS) is 18.1. The Labute approximate surface area is 154 Å². The van der Waals surface area contributed by atoms with E-state index in [1.54, 1.807) is 24.5 Å². The Hall–Kier alpha value is -1.70. The third-order valence-electron chi connectivity index (χ3n) is 4.96. The van der Waals surface area contributed by atoms with Gasteiger partial charge in [0.25, 0.3) is 10.2 Å². The van der Waals surface area contributed by atoms with Crippen LogP contribution in [0.3, 0.4) is 0 Å². The molecule has 1 N–H and O–H groups in total. The molecule has 1 aromatic carbocycles. The summed E-state index contributed by atoms with van der Waals surface area (Å²) in [5.41, 5.74) is 0.896. The smallest absolute Gasteiger partial charge is 0.279 e. The van der Waals surface area contributed by atoms with Gasteiger partial charge in [0, 0.05) is 25.6 Å². The molecule has 1 fully saturated rings. The first-order chi connectivity index (χ1) is 12.5. The molecule has 1 aliphatic rings. The summed E-state index contributed by atoms with van der Waals surface area (Å²) in [7, 11) is -3.47. The molecule has 142 valence electrons. The summed E-state index contributed by atoms with van der Waals surface area (Å²) in [4.78, 5) is 0. The van der Waals surface area contributed by atoms with E-state index in [2.05, 4.69) is 11.6 Å². The average molecular weight is 380 g/mol.